The van der Waals surface area contributed by atoms with Gasteiger partial charge in [-0.05, 0) is 62.4 Å². The van der Waals surface area contributed by atoms with E-state index in [1.165, 1.54) is 5.69 Å². The first-order valence-corrected chi connectivity index (χ1v) is 8.82. The van der Waals surface area contributed by atoms with E-state index in [-0.39, 0.29) is 11.6 Å². The van der Waals surface area contributed by atoms with Crippen LogP contribution in [0.4, 0.5) is 5.69 Å². The molecule has 1 aliphatic heterocycles. The van der Waals surface area contributed by atoms with Crippen LogP contribution in [0.15, 0.2) is 24.3 Å². The van der Waals surface area contributed by atoms with Crippen LogP contribution in [-0.4, -0.2) is 58.4 Å². The number of aromatic nitrogens is 4. The van der Waals surface area contributed by atoms with Crippen molar-refractivity contribution in [1.82, 2.24) is 25.1 Å². The van der Waals surface area contributed by atoms with Gasteiger partial charge in [0, 0.05) is 31.9 Å². The van der Waals surface area contributed by atoms with Gasteiger partial charge in [-0.25, -0.2) is 4.68 Å². The third-order valence-electron chi connectivity index (χ3n) is 4.80. The number of tetrazole rings is 1. The lowest BCUT2D eigenvalue weighted by Crippen LogP contribution is -2.48. The normalized spacial score (nSPS) is 17.6. The average Bonchev–Trinajstić information content (AvgIpc) is 3.11. The van der Waals surface area contributed by atoms with Gasteiger partial charge in [0.1, 0.15) is 5.75 Å². The number of hydrogen-bond donors (Lipinski definition) is 0. The molecule has 1 saturated heterocycles. The van der Waals surface area contributed by atoms with Crippen LogP contribution in [0.3, 0.4) is 0 Å². The van der Waals surface area contributed by atoms with E-state index in [0.717, 1.165) is 37.8 Å². The summed E-state index contributed by atoms with van der Waals surface area (Å²) in [4.78, 5) is 4.86. The molecule has 1 aromatic carbocycles. The fourth-order valence-corrected chi connectivity index (χ4v) is 3.26. The zero-order valence-electron chi connectivity index (χ0n) is 15.8. The lowest BCUT2D eigenvalue weighted by atomic mass is 10.1. The molecular formula is C18H28N6O. The molecule has 1 atom stereocenters. The Balaban J connectivity index is 1.65. The highest BCUT2D eigenvalue weighted by Gasteiger charge is 2.29. The van der Waals surface area contributed by atoms with Gasteiger partial charge < -0.3 is 9.64 Å². The molecule has 7 nitrogen and oxygen atoms in total. The van der Waals surface area contributed by atoms with Crippen LogP contribution in [0.1, 0.15) is 39.6 Å². The first-order chi connectivity index (χ1) is 11.9. The lowest BCUT2D eigenvalue weighted by molar-refractivity contribution is 0.178. The summed E-state index contributed by atoms with van der Waals surface area (Å²) in [5.41, 5.74) is 1.13. The van der Waals surface area contributed by atoms with Gasteiger partial charge in [-0.3, -0.25) is 4.90 Å². The van der Waals surface area contributed by atoms with Gasteiger partial charge in [-0.2, -0.15) is 0 Å². The second-order valence-electron chi connectivity index (χ2n) is 7.52. The molecule has 1 aliphatic rings. The van der Waals surface area contributed by atoms with E-state index in [9.17, 15) is 0 Å². The van der Waals surface area contributed by atoms with Gasteiger partial charge in [-0.15, -0.1) is 5.10 Å². The summed E-state index contributed by atoms with van der Waals surface area (Å²) in [6, 6.07) is 8.48. The minimum atomic E-state index is -0.113. The molecular weight excluding hydrogens is 316 g/mol. The Labute approximate surface area is 149 Å². The molecule has 0 unspecified atom stereocenters. The average molecular weight is 344 g/mol. The molecule has 0 aliphatic carbocycles. The molecule has 0 radical (unpaired) electrons. The van der Waals surface area contributed by atoms with E-state index in [2.05, 4.69) is 65.2 Å². The van der Waals surface area contributed by atoms with Crippen LogP contribution in [0.5, 0.6) is 5.75 Å². The van der Waals surface area contributed by atoms with Gasteiger partial charge in [0.25, 0.3) is 0 Å². The lowest BCUT2D eigenvalue weighted by Gasteiger charge is -2.39. The summed E-state index contributed by atoms with van der Waals surface area (Å²) in [6.07, 6.45) is 0. The number of ether oxygens (including phenoxy) is 1. The molecule has 0 amide bonds. The maximum atomic E-state index is 5.24. The fourth-order valence-electron chi connectivity index (χ4n) is 3.26. The standard InChI is InChI=1S/C18H28N6O/c1-14(17-19-20-21-24(17)18(2,3)4)22-10-12-23(13-11-22)15-6-8-16(25-5)9-7-15/h6-9,14H,10-13H2,1-5H3/t14-/m1/s1. The van der Waals surface area contributed by atoms with E-state index >= 15 is 0 Å². The van der Waals surface area contributed by atoms with Gasteiger partial charge in [0.15, 0.2) is 5.82 Å². The summed E-state index contributed by atoms with van der Waals surface area (Å²) in [7, 11) is 1.69. The molecule has 0 saturated carbocycles. The molecule has 0 bridgehead atoms. The summed E-state index contributed by atoms with van der Waals surface area (Å²) in [6.45, 7) is 12.5. The third kappa shape index (κ3) is 3.76. The Morgan fingerprint density at radius 1 is 1.04 bits per heavy atom. The molecule has 3 rings (SSSR count). The maximum Gasteiger partial charge on any atom is 0.168 e. The van der Waals surface area contributed by atoms with Crippen LogP contribution < -0.4 is 9.64 Å². The van der Waals surface area contributed by atoms with Crippen LogP contribution in [0, 0.1) is 0 Å². The van der Waals surface area contributed by atoms with Crippen molar-refractivity contribution in [2.45, 2.75) is 39.3 Å². The molecule has 25 heavy (non-hydrogen) atoms. The number of rotatable bonds is 4. The van der Waals surface area contributed by atoms with Crippen LogP contribution >= 0.6 is 0 Å². The van der Waals surface area contributed by atoms with E-state index in [1.807, 2.05) is 16.8 Å². The first-order valence-electron chi connectivity index (χ1n) is 8.82. The minimum absolute atomic E-state index is 0.113. The monoisotopic (exact) mass is 344 g/mol. The Morgan fingerprint density at radius 3 is 2.24 bits per heavy atom. The smallest absolute Gasteiger partial charge is 0.168 e. The maximum absolute atomic E-state index is 5.24. The second kappa shape index (κ2) is 7.00. The topological polar surface area (TPSA) is 59.3 Å². The van der Waals surface area contributed by atoms with Crippen LogP contribution in [-0.2, 0) is 5.54 Å². The number of hydrogen-bond acceptors (Lipinski definition) is 6. The first kappa shape index (κ1) is 17.7. The van der Waals surface area contributed by atoms with Crippen molar-refractivity contribution >= 4 is 5.69 Å². The number of benzene rings is 1. The van der Waals surface area contributed by atoms with Crippen molar-refractivity contribution in [3.63, 3.8) is 0 Å². The molecule has 0 spiro atoms. The Morgan fingerprint density at radius 2 is 1.68 bits per heavy atom. The highest BCUT2D eigenvalue weighted by atomic mass is 16.5. The van der Waals surface area contributed by atoms with Gasteiger partial charge >= 0.3 is 0 Å². The van der Waals surface area contributed by atoms with Crippen molar-refractivity contribution in [1.29, 1.82) is 0 Å². The Kier molecular flexibility index (Phi) is 4.94. The fraction of sp³-hybridized carbons (Fsp3) is 0.611. The Hall–Kier alpha value is -2.15. The predicted octanol–water partition coefficient (Wildman–Crippen LogP) is 2.32. The summed E-state index contributed by atoms with van der Waals surface area (Å²) < 4.78 is 7.18. The van der Waals surface area contributed by atoms with Crippen molar-refractivity contribution < 1.29 is 4.74 Å². The SMILES string of the molecule is COc1ccc(N2CCN([C@H](C)c3nnnn3C(C)(C)C)CC2)cc1. The molecule has 1 aromatic heterocycles. The van der Waals surface area contributed by atoms with Crippen molar-refractivity contribution in [3.05, 3.63) is 30.1 Å². The molecule has 0 N–H and O–H groups in total. The quantitative estimate of drug-likeness (QED) is 0.848. The third-order valence-corrected chi connectivity index (χ3v) is 4.80. The predicted molar refractivity (Wildman–Crippen MR) is 98.0 cm³/mol. The van der Waals surface area contributed by atoms with E-state index in [1.54, 1.807) is 7.11 Å². The van der Waals surface area contributed by atoms with E-state index in [4.69, 9.17) is 4.74 Å². The van der Waals surface area contributed by atoms with Gasteiger partial charge in [-0.1, -0.05) is 0 Å². The van der Waals surface area contributed by atoms with Crippen molar-refractivity contribution in [2.75, 3.05) is 38.2 Å². The highest BCUT2D eigenvalue weighted by molar-refractivity contribution is 5.49. The molecule has 2 heterocycles. The van der Waals surface area contributed by atoms with Crippen molar-refractivity contribution in [2.24, 2.45) is 0 Å². The number of methoxy groups -OCH3 is 1. The molecule has 7 heteroatoms. The van der Waals surface area contributed by atoms with E-state index < -0.39 is 0 Å². The largest absolute Gasteiger partial charge is 0.497 e. The summed E-state index contributed by atoms with van der Waals surface area (Å²) >= 11 is 0. The number of anilines is 1. The summed E-state index contributed by atoms with van der Waals surface area (Å²) in [5, 5.41) is 12.4. The summed E-state index contributed by atoms with van der Waals surface area (Å²) in [5.74, 6) is 1.83. The minimum Gasteiger partial charge on any atom is -0.497 e. The highest BCUT2D eigenvalue weighted by Crippen LogP contribution is 2.26. The van der Waals surface area contributed by atoms with Crippen LogP contribution in [0.25, 0.3) is 0 Å². The van der Waals surface area contributed by atoms with Crippen LogP contribution in [0.2, 0.25) is 0 Å². The zero-order chi connectivity index (χ0) is 18.0. The Bertz CT molecular complexity index is 682. The number of nitrogens with zero attached hydrogens (tertiary/aromatic N) is 6. The molecule has 2 aromatic rings. The van der Waals surface area contributed by atoms with E-state index in [0.29, 0.717) is 0 Å². The molecule has 136 valence electrons. The zero-order valence-corrected chi connectivity index (χ0v) is 15.8. The van der Waals surface area contributed by atoms with Gasteiger partial charge in [0.2, 0.25) is 0 Å². The van der Waals surface area contributed by atoms with Crippen molar-refractivity contribution in [3.8, 4) is 5.75 Å². The van der Waals surface area contributed by atoms with Gasteiger partial charge in [0.05, 0.1) is 18.7 Å². The second-order valence-corrected chi connectivity index (χ2v) is 7.52. The molecule has 1 fully saturated rings. The number of piperazine rings is 1.